The van der Waals surface area contributed by atoms with Crippen LogP contribution in [-0.2, 0) is 7.05 Å². The second kappa shape index (κ2) is 4.79. The Kier molecular flexibility index (Phi) is 3.33. The predicted molar refractivity (Wildman–Crippen MR) is 65.1 cm³/mol. The summed E-state index contributed by atoms with van der Waals surface area (Å²) in [5.41, 5.74) is 0.399. The van der Waals surface area contributed by atoms with Crippen LogP contribution in [0.25, 0.3) is 11.3 Å². The van der Waals surface area contributed by atoms with Gasteiger partial charge in [0.15, 0.2) is 5.69 Å². The molecule has 1 N–H and O–H groups in total. The number of halogens is 2. The van der Waals surface area contributed by atoms with Crippen LogP contribution in [0.15, 0.2) is 24.3 Å². The van der Waals surface area contributed by atoms with Gasteiger partial charge in [-0.15, -0.1) is 0 Å². The summed E-state index contributed by atoms with van der Waals surface area (Å²) in [6.07, 6.45) is -1.50. The van der Waals surface area contributed by atoms with Crippen LogP contribution in [0.4, 0.5) is 8.78 Å². The minimum atomic E-state index is -1.50. The summed E-state index contributed by atoms with van der Waals surface area (Å²) in [6.45, 7) is 1.23. The maximum atomic E-state index is 13.7. The highest BCUT2D eigenvalue weighted by atomic mass is 19.1. The molecule has 0 amide bonds. The molecule has 0 fully saturated rings. The number of carboxylic acids is 1. The lowest BCUT2D eigenvalue weighted by Crippen LogP contribution is -2.01. The highest BCUT2D eigenvalue weighted by Gasteiger charge is 2.20. The normalized spacial score (nSPS) is 12.4. The fourth-order valence-electron chi connectivity index (χ4n) is 1.99. The topological polar surface area (TPSA) is 55.1 Å². The fourth-order valence-corrected chi connectivity index (χ4v) is 1.99. The summed E-state index contributed by atoms with van der Waals surface area (Å²) in [4.78, 5) is 10.9. The minimum absolute atomic E-state index is 0.0950. The number of rotatable bonds is 3. The minimum Gasteiger partial charge on any atom is -0.476 e. The molecule has 2 aromatic rings. The number of hydrogen-bond donors (Lipinski definition) is 1. The molecule has 0 aliphatic rings. The molecule has 19 heavy (non-hydrogen) atoms. The van der Waals surface area contributed by atoms with Crippen molar-refractivity contribution in [3.8, 4) is 11.3 Å². The quantitative estimate of drug-likeness (QED) is 0.929. The molecule has 0 radical (unpaired) electrons. The van der Waals surface area contributed by atoms with Crippen LogP contribution in [0, 0.1) is 5.82 Å². The van der Waals surface area contributed by atoms with Crippen molar-refractivity contribution in [2.75, 3.05) is 0 Å². The molecule has 0 aliphatic carbocycles. The van der Waals surface area contributed by atoms with Crippen LogP contribution in [0.1, 0.15) is 29.1 Å². The largest absolute Gasteiger partial charge is 0.476 e. The summed E-state index contributed by atoms with van der Waals surface area (Å²) >= 11 is 0. The number of aryl methyl sites for hydroxylation is 1. The highest BCUT2D eigenvalue weighted by molar-refractivity contribution is 5.87. The van der Waals surface area contributed by atoms with Crippen LogP contribution < -0.4 is 0 Å². The van der Waals surface area contributed by atoms with E-state index in [1.807, 2.05) is 0 Å². The third-order valence-electron chi connectivity index (χ3n) is 2.83. The molecule has 0 spiro atoms. The van der Waals surface area contributed by atoms with Gasteiger partial charge < -0.3 is 5.11 Å². The second-order valence-corrected chi connectivity index (χ2v) is 4.16. The lowest BCUT2D eigenvalue weighted by Gasteiger charge is -2.11. The van der Waals surface area contributed by atoms with E-state index in [1.165, 1.54) is 42.9 Å². The Labute approximate surface area is 108 Å². The van der Waals surface area contributed by atoms with E-state index in [0.717, 1.165) is 0 Å². The first kappa shape index (κ1) is 13.2. The highest BCUT2D eigenvalue weighted by Crippen LogP contribution is 2.32. The van der Waals surface area contributed by atoms with Gasteiger partial charge in [0.05, 0.1) is 5.69 Å². The molecular weight excluding hydrogens is 254 g/mol. The number of carboxylic acid groups (broad SMARTS) is 1. The molecule has 100 valence electrons. The van der Waals surface area contributed by atoms with Crippen LogP contribution in [0.3, 0.4) is 0 Å². The molecule has 1 aromatic heterocycles. The third kappa shape index (κ3) is 2.33. The number of aromatic carboxylic acids is 1. The molecule has 0 bridgehead atoms. The van der Waals surface area contributed by atoms with Crippen molar-refractivity contribution in [3.05, 3.63) is 41.3 Å². The van der Waals surface area contributed by atoms with Crippen molar-refractivity contribution in [2.45, 2.75) is 13.1 Å². The first-order valence-electron chi connectivity index (χ1n) is 5.62. The zero-order chi connectivity index (χ0) is 14.2. The Bertz CT molecular complexity index is 636. The first-order chi connectivity index (χ1) is 8.91. The van der Waals surface area contributed by atoms with Gasteiger partial charge in [0.25, 0.3) is 0 Å². The van der Waals surface area contributed by atoms with Crippen molar-refractivity contribution >= 4 is 5.97 Å². The fraction of sp³-hybridized carbons (Fsp3) is 0.231. The Balaban J connectivity index is 2.65. The van der Waals surface area contributed by atoms with E-state index in [1.54, 1.807) is 0 Å². The van der Waals surface area contributed by atoms with Crippen molar-refractivity contribution in [2.24, 2.45) is 7.05 Å². The van der Waals surface area contributed by atoms with Gasteiger partial charge in [0, 0.05) is 18.2 Å². The molecule has 4 nitrogen and oxygen atoms in total. The first-order valence-corrected chi connectivity index (χ1v) is 5.62. The Morgan fingerprint density at radius 3 is 2.68 bits per heavy atom. The molecule has 0 aliphatic heterocycles. The monoisotopic (exact) mass is 266 g/mol. The lowest BCUT2D eigenvalue weighted by atomic mass is 10.0. The van der Waals surface area contributed by atoms with E-state index in [2.05, 4.69) is 5.10 Å². The standard InChI is InChI=1S/C13H12F2N2O2/c1-7(14)12-8(4-3-5-9(12)15)11-6-10(13(18)19)16-17(11)2/h3-7H,1-2H3,(H,18,19). The van der Waals surface area contributed by atoms with Crippen LogP contribution in [0.2, 0.25) is 0 Å². The SMILES string of the molecule is CC(F)c1c(F)cccc1-c1cc(C(=O)O)nn1C. The average Bonchev–Trinajstić information content (AvgIpc) is 2.70. The van der Waals surface area contributed by atoms with Crippen molar-refractivity contribution in [1.82, 2.24) is 9.78 Å². The van der Waals surface area contributed by atoms with Gasteiger partial charge >= 0.3 is 5.97 Å². The van der Waals surface area contributed by atoms with E-state index in [-0.39, 0.29) is 11.3 Å². The van der Waals surface area contributed by atoms with Crippen LogP contribution >= 0.6 is 0 Å². The maximum Gasteiger partial charge on any atom is 0.356 e. The number of nitrogens with zero attached hydrogens (tertiary/aromatic N) is 2. The number of carbonyl (C=O) groups is 1. The van der Waals surface area contributed by atoms with E-state index >= 15 is 0 Å². The predicted octanol–water partition coefficient (Wildman–Crippen LogP) is 2.95. The van der Waals surface area contributed by atoms with Crippen molar-refractivity contribution < 1.29 is 18.7 Å². The molecule has 1 unspecified atom stereocenters. The van der Waals surface area contributed by atoms with E-state index in [4.69, 9.17) is 5.11 Å². The summed E-state index contributed by atoms with van der Waals surface area (Å²) in [5.74, 6) is -1.85. The van der Waals surface area contributed by atoms with Gasteiger partial charge in [-0.3, -0.25) is 4.68 Å². The smallest absolute Gasteiger partial charge is 0.356 e. The number of aromatic nitrogens is 2. The van der Waals surface area contributed by atoms with E-state index < -0.39 is 18.0 Å². The number of benzene rings is 1. The molecule has 0 saturated carbocycles. The van der Waals surface area contributed by atoms with Gasteiger partial charge in [-0.1, -0.05) is 12.1 Å². The second-order valence-electron chi connectivity index (χ2n) is 4.16. The van der Waals surface area contributed by atoms with Crippen LogP contribution in [-0.4, -0.2) is 20.9 Å². The Hall–Kier alpha value is -2.24. The summed E-state index contributed by atoms with van der Waals surface area (Å²) < 4.78 is 28.5. The molecule has 1 aromatic carbocycles. The van der Waals surface area contributed by atoms with Crippen LogP contribution in [0.5, 0.6) is 0 Å². The summed E-state index contributed by atoms with van der Waals surface area (Å²) in [7, 11) is 1.53. The summed E-state index contributed by atoms with van der Waals surface area (Å²) in [6, 6.07) is 5.45. The summed E-state index contributed by atoms with van der Waals surface area (Å²) in [5, 5.41) is 12.7. The zero-order valence-electron chi connectivity index (χ0n) is 10.4. The molecule has 6 heteroatoms. The zero-order valence-corrected chi connectivity index (χ0v) is 10.4. The maximum absolute atomic E-state index is 13.7. The van der Waals surface area contributed by atoms with Gasteiger partial charge in [-0.2, -0.15) is 5.10 Å². The van der Waals surface area contributed by atoms with Crippen molar-refractivity contribution in [3.63, 3.8) is 0 Å². The number of hydrogen-bond acceptors (Lipinski definition) is 2. The molecule has 1 atom stereocenters. The van der Waals surface area contributed by atoms with E-state index in [9.17, 15) is 13.6 Å². The molecule has 2 rings (SSSR count). The van der Waals surface area contributed by atoms with Crippen molar-refractivity contribution in [1.29, 1.82) is 0 Å². The molecule has 0 saturated heterocycles. The average molecular weight is 266 g/mol. The Morgan fingerprint density at radius 1 is 1.47 bits per heavy atom. The molecule has 1 heterocycles. The lowest BCUT2D eigenvalue weighted by molar-refractivity contribution is 0.0689. The van der Waals surface area contributed by atoms with Gasteiger partial charge in [0.2, 0.25) is 0 Å². The van der Waals surface area contributed by atoms with Gasteiger partial charge in [-0.05, 0) is 19.1 Å². The van der Waals surface area contributed by atoms with Gasteiger partial charge in [-0.25, -0.2) is 13.6 Å². The Morgan fingerprint density at radius 2 is 2.16 bits per heavy atom. The molecular formula is C13H12F2N2O2. The third-order valence-corrected chi connectivity index (χ3v) is 2.83. The number of alkyl halides is 1. The van der Waals surface area contributed by atoms with Gasteiger partial charge in [0.1, 0.15) is 12.0 Å². The van der Waals surface area contributed by atoms with E-state index in [0.29, 0.717) is 11.3 Å².